The van der Waals surface area contributed by atoms with Gasteiger partial charge in [0.2, 0.25) is 0 Å². The first-order valence-corrected chi connectivity index (χ1v) is 12.6. The molecule has 0 unspecified atom stereocenters. The summed E-state index contributed by atoms with van der Waals surface area (Å²) in [5.74, 6) is -0.0793. The van der Waals surface area contributed by atoms with Crippen molar-refractivity contribution in [3.05, 3.63) is 40.3 Å². The molecule has 1 aromatic carbocycles. The van der Waals surface area contributed by atoms with Crippen LogP contribution < -0.4 is 15.0 Å². The van der Waals surface area contributed by atoms with Crippen molar-refractivity contribution in [3.63, 3.8) is 0 Å². The van der Waals surface area contributed by atoms with E-state index in [0.717, 1.165) is 35.9 Å². The Morgan fingerprint density at radius 3 is 2.29 bits per heavy atom. The average molecular weight is 506 g/mol. The molecular weight excluding hydrogens is 474 g/mol. The summed E-state index contributed by atoms with van der Waals surface area (Å²) in [5.41, 5.74) is 1.92. The highest BCUT2D eigenvalue weighted by Crippen LogP contribution is 2.35. The first-order valence-electron chi connectivity index (χ1n) is 11.4. The number of piperazine rings is 1. The monoisotopic (exact) mass is 505 g/mol. The van der Waals surface area contributed by atoms with Gasteiger partial charge in [0, 0.05) is 26.2 Å². The van der Waals surface area contributed by atoms with E-state index in [0.29, 0.717) is 45.8 Å². The zero-order chi connectivity index (χ0) is 24.7. The smallest absolute Gasteiger partial charge is 0.348 e. The van der Waals surface area contributed by atoms with Crippen LogP contribution >= 0.6 is 23.6 Å². The number of thiophene rings is 1. The van der Waals surface area contributed by atoms with Crippen molar-refractivity contribution in [3.8, 4) is 5.75 Å². The summed E-state index contributed by atoms with van der Waals surface area (Å²) in [6, 6.07) is 8.02. The van der Waals surface area contributed by atoms with E-state index < -0.39 is 11.9 Å². The summed E-state index contributed by atoms with van der Waals surface area (Å²) < 4.78 is 16.2. The Bertz CT molecular complexity index is 1030. The molecule has 3 rings (SSSR count). The van der Waals surface area contributed by atoms with Crippen LogP contribution in [0.15, 0.2) is 24.3 Å². The van der Waals surface area contributed by atoms with Gasteiger partial charge in [0.1, 0.15) is 15.6 Å². The van der Waals surface area contributed by atoms with Gasteiger partial charge in [-0.3, -0.25) is 0 Å². The summed E-state index contributed by atoms with van der Waals surface area (Å²) in [4.78, 5) is 29.7. The molecule has 10 heteroatoms. The number of carbonyl (C=O) groups excluding carboxylic acids is 2. The minimum absolute atomic E-state index is 0.234. The Morgan fingerprint density at radius 1 is 1.00 bits per heavy atom. The number of para-hydroxylation sites is 2. The predicted molar refractivity (Wildman–Crippen MR) is 139 cm³/mol. The van der Waals surface area contributed by atoms with Gasteiger partial charge in [-0.25, -0.2) is 9.59 Å². The van der Waals surface area contributed by atoms with E-state index in [1.54, 1.807) is 20.8 Å². The van der Waals surface area contributed by atoms with Crippen molar-refractivity contribution in [2.45, 2.75) is 27.7 Å². The quantitative estimate of drug-likeness (QED) is 0.416. The molecule has 1 aromatic heterocycles. The number of nitrogens with zero attached hydrogens (tertiary/aromatic N) is 2. The Hall–Kier alpha value is -2.85. The van der Waals surface area contributed by atoms with Gasteiger partial charge in [0.25, 0.3) is 0 Å². The van der Waals surface area contributed by atoms with Gasteiger partial charge in [-0.15, -0.1) is 11.3 Å². The standard InChI is InChI=1S/C24H31N3O5S2/c1-5-30-18-11-9-8-10-17(18)26-12-14-27(15-13-26)24(33)25-21-19(22(28)31-6-2)16(4)20(34-21)23(29)32-7-3/h8-11H,5-7,12-15H2,1-4H3,(H,25,33). The zero-order valence-electron chi connectivity index (χ0n) is 20.0. The molecule has 0 saturated carbocycles. The highest BCUT2D eigenvalue weighted by atomic mass is 32.1. The van der Waals surface area contributed by atoms with Crippen molar-refractivity contribution in [2.75, 3.05) is 56.2 Å². The third kappa shape index (κ3) is 5.79. The van der Waals surface area contributed by atoms with Gasteiger partial charge in [-0.1, -0.05) is 12.1 Å². The Morgan fingerprint density at radius 2 is 1.65 bits per heavy atom. The summed E-state index contributed by atoms with van der Waals surface area (Å²) >= 11 is 6.83. The molecule has 8 nitrogen and oxygen atoms in total. The molecule has 34 heavy (non-hydrogen) atoms. The maximum atomic E-state index is 12.6. The van der Waals surface area contributed by atoms with Crippen molar-refractivity contribution >= 4 is 51.3 Å². The van der Waals surface area contributed by atoms with Crippen LogP contribution in [0.5, 0.6) is 5.75 Å². The van der Waals surface area contributed by atoms with E-state index >= 15 is 0 Å². The lowest BCUT2D eigenvalue weighted by molar-refractivity contribution is 0.0527. The van der Waals surface area contributed by atoms with Gasteiger partial charge in [0.05, 0.1) is 31.1 Å². The van der Waals surface area contributed by atoms with Crippen LogP contribution in [0.4, 0.5) is 10.7 Å². The topological polar surface area (TPSA) is 80.3 Å². The minimum Gasteiger partial charge on any atom is -0.492 e. The SMILES string of the molecule is CCOC(=O)c1sc(NC(=S)N2CCN(c3ccccc3OCC)CC2)c(C(=O)OCC)c1C. The fraction of sp³-hybridized carbons (Fsp3) is 0.458. The molecular formula is C24H31N3O5S2. The second-order valence-corrected chi connectivity index (χ2v) is 8.91. The average Bonchev–Trinajstić information content (AvgIpc) is 3.16. The van der Waals surface area contributed by atoms with Crippen molar-refractivity contribution < 1.29 is 23.8 Å². The van der Waals surface area contributed by atoms with Gasteiger partial charge in [-0.05, 0) is 57.6 Å². The van der Waals surface area contributed by atoms with Crippen LogP contribution in [-0.2, 0) is 9.47 Å². The van der Waals surface area contributed by atoms with Crippen LogP contribution in [-0.4, -0.2) is 68.0 Å². The minimum atomic E-state index is -0.491. The molecule has 0 spiro atoms. The first-order chi connectivity index (χ1) is 16.4. The summed E-state index contributed by atoms with van der Waals surface area (Å²) in [6.45, 7) is 11.2. The van der Waals surface area contributed by atoms with Gasteiger partial charge < -0.3 is 29.3 Å². The molecule has 0 aliphatic carbocycles. The van der Waals surface area contributed by atoms with E-state index in [1.807, 2.05) is 25.1 Å². The third-order valence-electron chi connectivity index (χ3n) is 5.38. The molecule has 1 aliphatic rings. The molecule has 1 aliphatic heterocycles. The zero-order valence-corrected chi connectivity index (χ0v) is 21.6. The molecule has 0 amide bonds. The molecule has 0 radical (unpaired) electrons. The number of carbonyl (C=O) groups is 2. The maximum Gasteiger partial charge on any atom is 0.348 e. The van der Waals surface area contributed by atoms with E-state index in [9.17, 15) is 9.59 Å². The molecule has 1 saturated heterocycles. The lowest BCUT2D eigenvalue weighted by atomic mass is 10.1. The molecule has 0 bridgehead atoms. The van der Waals surface area contributed by atoms with E-state index in [2.05, 4.69) is 21.2 Å². The normalized spacial score (nSPS) is 13.4. The van der Waals surface area contributed by atoms with Crippen LogP contribution in [0, 0.1) is 6.92 Å². The maximum absolute atomic E-state index is 12.6. The summed E-state index contributed by atoms with van der Waals surface area (Å²) in [6.07, 6.45) is 0. The predicted octanol–water partition coefficient (Wildman–Crippen LogP) is 4.33. The van der Waals surface area contributed by atoms with E-state index in [4.69, 9.17) is 26.4 Å². The number of ether oxygens (including phenoxy) is 3. The van der Waals surface area contributed by atoms with Gasteiger partial charge >= 0.3 is 11.9 Å². The van der Waals surface area contributed by atoms with Crippen molar-refractivity contribution in [1.82, 2.24) is 4.90 Å². The number of esters is 2. The summed E-state index contributed by atoms with van der Waals surface area (Å²) in [5, 5.41) is 4.18. The number of hydrogen-bond acceptors (Lipinski definition) is 8. The van der Waals surface area contributed by atoms with Crippen LogP contribution in [0.2, 0.25) is 0 Å². The van der Waals surface area contributed by atoms with Crippen LogP contribution in [0.1, 0.15) is 46.4 Å². The first kappa shape index (κ1) is 25.8. The number of rotatable bonds is 8. The summed E-state index contributed by atoms with van der Waals surface area (Å²) in [7, 11) is 0. The fourth-order valence-corrected chi connectivity index (χ4v) is 5.20. The molecule has 184 valence electrons. The number of anilines is 2. The molecule has 0 atom stereocenters. The lowest BCUT2D eigenvalue weighted by Crippen LogP contribution is -2.50. The number of benzene rings is 1. The Balaban J connectivity index is 1.73. The highest BCUT2D eigenvalue weighted by Gasteiger charge is 2.28. The molecule has 1 fully saturated rings. The highest BCUT2D eigenvalue weighted by molar-refractivity contribution is 7.80. The second-order valence-electron chi connectivity index (χ2n) is 7.51. The second kappa shape index (κ2) is 12.0. The van der Waals surface area contributed by atoms with Crippen molar-refractivity contribution in [1.29, 1.82) is 0 Å². The van der Waals surface area contributed by atoms with Crippen LogP contribution in [0.25, 0.3) is 0 Å². The van der Waals surface area contributed by atoms with Crippen LogP contribution in [0.3, 0.4) is 0 Å². The molecule has 2 aromatic rings. The molecule has 1 N–H and O–H groups in total. The largest absolute Gasteiger partial charge is 0.492 e. The number of hydrogen-bond donors (Lipinski definition) is 1. The number of thiocarbonyl (C=S) groups is 1. The Kier molecular flexibility index (Phi) is 9.12. The van der Waals surface area contributed by atoms with Gasteiger partial charge in [0.15, 0.2) is 5.11 Å². The van der Waals surface area contributed by atoms with Gasteiger partial charge in [-0.2, -0.15) is 0 Å². The number of nitrogens with one attached hydrogen (secondary N) is 1. The van der Waals surface area contributed by atoms with E-state index in [-0.39, 0.29) is 13.2 Å². The third-order valence-corrected chi connectivity index (χ3v) is 6.93. The lowest BCUT2D eigenvalue weighted by Gasteiger charge is -2.37. The Labute approximate surface area is 209 Å². The fourth-order valence-electron chi connectivity index (χ4n) is 3.76. The molecule has 2 heterocycles. The van der Waals surface area contributed by atoms with Crippen molar-refractivity contribution in [2.24, 2.45) is 0 Å². The van der Waals surface area contributed by atoms with E-state index in [1.165, 1.54) is 0 Å².